The summed E-state index contributed by atoms with van der Waals surface area (Å²) in [5, 5.41) is 34.0. The maximum absolute atomic E-state index is 15.4. The fourth-order valence-corrected chi connectivity index (χ4v) is 12.5. The third kappa shape index (κ3) is 20.2. The number of halogens is 2. The number of aromatic hydroxyl groups is 1. The molecule has 3 aliphatic heterocycles. The molecule has 3 aromatic heterocycles. The van der Waals surface area contributed by atoms with Crippen LogP contribution in [0.5, 0.6) is 11.5 Å². The average Bonchev–Trinajstić information content (AvgIpc) is 1.61. The zero-order chi connectivity index (χ0) is 74.9. The molecule has 2 bridgehead atoms. The first-order chi connectivity index (χ1) is 50.3. The second-order valence-electron chi connectivity index (χ2n) is 25.8. The van der Waals surface area contributed by atoms with E-state index in [1.165, 1.54) is 97.4 Å². The van der Waals surface area contributed by atoms with Crippen molar-refractivity contribution in [1.82, 2.24) is 72.7 Å². The number of H-pyrrole nitrogens is 3. The Morgan fingerprint density at radius 2 is 1.26 bits per heavy atom. The topological polar surface area (TPSA) is 441 Å². The van der Waals surface area contributed by atoms with Gasteiger partial charge in [-0.05, 0) is 108 Å². The molecule has 3 aliphatic rings. The molecule has 0 saturated carbocycles. The van der Waals surface area contributed by atoms with Gasteiger partial charge < -0.3 is 88.0 Å². The van der Waals surface area contributed by atoms with E-state index in [4.69, 9.17) is 15.2 Å². The number of carbonyl (C=O) groups excluding carboxylic acids is 12. The number of hydrogen-bond donors (Lipinski definition) is 14. The van der Waals surface area contributed by atoms with E-state index in [-0.39, 0.29) is 91.8 Å². The van der Waals surface area contributed by atoms with Crippen molar-refractivity contribution in [2.45, 2.75) is 126 Å². The van der Waals surface area contributed by atoms with E-state index in [1.54, 1.807) is 54.6 Å². The molecule has 550 valence electrons. The standard InChI is InChI=1S/C73H79F2N15O15/c1-40(91)83-59-32-62(93)78-22-24-104-50-17-11-42(12-18-50)25-55(65(76)96)89-72(103)73(2)21-6-23-90(73)71(102)61(26-41-9-15-49(92)16-10-41)88-69(100)58(31-48-36-77-39-82-48)86-70(101)60(33-64(95)105-38-43-7-4-3-5-8-43)87-68(99)57(28-45-35-80-54-20-14-47(75)30-52(45)54)85-67(98)56(84-63(94)37-81-66(59)97)27-44-34-79-53-19-13-46(74)29-51(44)53/h3-5,7-20,29-30,34-36,39,55-61,79-80,92H,6,21-28,31-33,37-38H2,1-2H3,(H2,76,96)(H,77,82)(H,78,93)(H,81,97)(H,83,91)(H,84,94)(H,85,98)(H,86,101)(H,87,99)(H,88,100)(H,89,103)/t55-,56-,57-,58-,59+,60-,61-,73-/m0/s1. The van der Waals surface area contributed by atoms with Gasteiger partial charge in [0.1, 0.15) is 84.2 Å². The molecule has 5 aromatic carbocycles. The molecule has 105 heavy (non-hydrogen) atoms. The predicted molar refractivity (Wildman–Crippen MR) is 373 cm³/mol. The number of amides is 11. The number of primary amides is 1. The Balaban J connectivity index is 1.02. The van der Waals surface area contributed by atoms with Gasteiger partial charge in [-0.1, -0.05) is 54.6 Å². The summed E-state index contributed by atoms with van der Waals surface area (Å²) in [5.74, 6) is -12.5. The molecule has 8 atom stereocenters. The number of nitrogens with one attached hydrogen (secondary N) is 12. The van der Waals surface area contributed by atoms with Crippen LogP contribution in [0, 0.1) is 11.6 Å². The first-order valence-electron chi connectivity index (χ1n) is 33.8. The molecule has 1 fully saturated rings. The summed E-state index contributed by atoms with van der Waals surface area (Å²) < 4.78 is 41.5. The van der Waals surface area contributed by atoms with E-state index in [0.717, 1.165) is 6.92 Å². The van der Waals surface area contributed by atoms with Crippen LogP contribution in [0.15, 0.2) is 140 Å². The van der Waals surface area contributed by atoms with Gasteiger partial charge >= 0.3 is 5.97 Å². The lowest BCUT2D eigenvalue weighted by Crippen LogP contribution is -2.63. The summed E-state index contributed by atoms with van der Waals surface area (Å²) in [6.45, 7) is 1.21. The minimum Gasteiger partial charge on any atom is -0.508 e. The zero-order valence-electron chi connectivity index (χ0n) is 57.1. The number of imidazole rings is 1. The normalized spacial score (nSPS) is 21.8. The smallest absolute Gasteiger partial charge is 0.308 e. The van der Waals surface area contributed by atoms with Gasteiger partial charge in [0.25, 0.3) is 0 Å². The Morgan fingerprint density at radius 3 is 1.87 bits per heavy atom. The van der Waals surface area contributed by atoms with Crippen LogP contribution < -0.4 is 58.3 Å². The van der Waals surface area contributed by atoms with Crippen molar-refractivity contribution in [2.24, 2.45) is 5.73 Å². The maximum atomic E-state index is 15.4. The van der Waals surface area contributed by atoms with Gasteiger partial charge in [-0.25, -0.2) is 13.8 Å². The number of hydrogen-bond acceptors (Lipinski definition) is 16. The van der Waals surface area contributed by atoms with E-state index in [2.05, 4.69) is 67.8 Å². The van der Waals surface area contributed by atoms with Crippen LogP contribution in [0.25, 0.3) is 21.8 Å². The Hall–Kier alpha value is -12.5. The van der Waals surface area contributed by atoms with Crippen molar-refractivity contribution in [2.75, 3.05) is 26.2 Å². The highest BCUT2D eigenvalue weighted by Gasteiger charge is 2.49. The largest absolute Gasteiger partial charge is 0.508 e. The molecule has 8 aromatic rings. The monoisotopic (exact) mass is 1440 g/mol. The van der Waals surface area contributed by atoms with Crippen LogP contribution in [0.1, 0.15) is 73.0 Å². The van der Waals surface area contributed by atoms with Gasteiger partial charge in [-0.3, -0.25) is 57.5 Å². The molecular formula is C73H79F2N15O15. The lowest BCUT2D eigenvalue weighted by molar-refractivity contribution is -0.148. The summed E-state index contributed by atoms with van der Waals surface area (Å²) in [5.41, 5.74) is 7.31. The number of fused-ring (bicyclic) bond motifs is 32. The number of ether oxygens (including phenoxy) is 2. The van der Waals surface area contributed by atoms with Gasteiger partial charge in [0.2, 0.25) is 65.0 Å². The molecule has 6 heterocycles. The fraction of sp³-hybridized carbons (Fsp3) is 0.329. The molecule has 0 radical (unpaired) electrons. The SMILES string of the molecule is CC(=O)N[C@@H]1CC(=O)NCCOc2ccc(cc2)C[C@@H](C(N)=O)NC(=O)[C@]2(C)CCCN2C(=O)[C@H](Cc2ccc(O)cc2)NC(=O)[C@H](Cc2cnc[nH]2)NC(=O)[C@H](CC(=O)OCc2ccccc2)NC(=O)[C@H](Cc2c[nH]c3ccc(F)cc23)NC(=O)[C@H](Cc2c[nH]c3ccc(F)cc23)NC(=O)CNC1=O. The van der Waals surface area contributed by atoms with Crippen LogP contribution >= 0.6 is 0 Å². The van der Waals surface area contributed by atoms with Crippen LogP contribution in [-0.2, 0) is 101 Å². The summed E-state index contributed by atoms with van der Waals surface area (Å²) in [7, 11) is 0. The number of rotatable bonds is 14. The van der Waals surface area contributed by atoms with E-state index < -0.39 is 163 Å². The molecule has 1 saturated heterocycles. The van der Waals surface area contributed by atoms with E-state index in [0.29, 0.717) is 33.5 Å². The van der Waals surface area contributed by atoms with Gasteiger partial charge in [0.05, 0.1) is 32.3 Å². The second kappa shape index (κ2) is 34.4. The van der Waals surface area contributed by atoms with Crippen molar-refractivity contribution in [1.29, 1.82) is 0 Å². The average molecular weight is 1440 g/mol. The summed E-state index contributed by atoms with van der Waals surface area (Å²) in [6.07, 6.45) is 2.67. The number of nitrogens with zero attached hydrogens (tertiary/aromatic N) is 2. The molecule has 0 spiro atoms. The Labute approximate surface area is 598 Å². The Bertz CT molecular complexity index is 4520. The molecule has 15 N–H and O–H groups in total. The molecular weight excluding hydrogens is 1360 g/mol. The van der Waals surface area contributed by atoms with Crippen molar-refractivity contribution in [3.8, 4) is 11.5 Å². The number of nitrogens with two attached hydrogens (primary N) is 1. The Kier molecular flexibility index (Phi) is 24.7. The van der Waals surface area contributed by atoms with E-state index in [9.17, 15) is 43.1 Å². The quantitative estimate of drug-likeness (QED) is 0.0539. The minimum absolute atomic E-state index is 0.0128. The van der Waals surface area contributed by atoms with Crippen molar-refractivity contribution in [3.05, 3.63) is 185 Å². The van der Waals surface area contributed by atoms with Crippen LogP contribution in [0.2, 0.25) is 0 Å². The number of benzene rings is 5. The highest BCUT2D eigenvalue weighted by Crippen LogP contribution is 2.32. The number of aromatic nitrogens is 4. The Morgan fingerprint density at radius 1 is 0.657 bits per heavy atom. The summed E-state index contributed by atoms with van der Waals surface area (Å²) >= 11 is 0. The third-order valence-electron chi connectivity index (χ3n) is 18.0. The van der Waals surface area contributed by atoms with Crippen LogP contribution in [0.4, 0.5) is 8.78 Å². The maximum Gasteiger partial charge on any atom is 0.308 e. The predicted octanol–water partition coefficient (Wildman–Crippen LogP) is 1.30. The summed E-state index contributed by atoms with van der Waals surface area (Å²) in [6, 6.07) is 16.5. The van der Waals surface area contributed by atoms with Gasteiger partial charge in [0, 0.05) is 91.7 Å². The third-order valence-corrected chi connectivity index (χ3v) is 18.0. The number of phenols is 1. The van der Waals surface area contributed by atoms with E-state index in [1.807, 2.05) is 0 Å². The highest BCUT2D eigenvalue weighted by molar-refractivity contribution is 6.01. The zero-order valence-corrected chi connectivity index (χ0v) is 57.1. The van der Waals surface area contributed by atoms with Crippen LogP contribution in [0.3, 0.4) is 0 Å². The van der Waals surface area contributed by atoms with Gasteiger partial charge in [-0.2, -0.15) is 0 Å². The molecule has 11 amide bonds. The molecule has 11 rings (SSSR count). The fourth-order valence-electron chi connectivity index (χ4n) is 12.5. The second-order valence-corrected chi connectivity index (χ2v) is 25.8. The van der Waals surface area contributed by atoms with E-state index >= 15 is 28.4 Å². The molecule has 0 unspecified atom stereocenters. The lowest BCUT2D eigenvalue weighted by Gasteiger charge is -2.37. The van der Waals surface area contributed by atoms with Gasteiger partial charge in [0.15, 0.2) is 0 Å². The lowest BCUT2D eigenvalue weighted by atomic mass is 9.94. The minimum atomic E-state index is -1.99. The van der Waals surface area contributed by atoms with Crippen molar-refractivity contribution < 1.29 is 80.9 Å². The molecule has 30 nitrogen and oxygen atoms in total. The van der Waals surface area contributed by atoms with Crippen LogP contribution in [-0.4, -0.2) is 175 Å². The van der Waals surface area contributed by atoms with Crippen molar-refractivity contribution in [3.63, 3.8) is 0 Å². The first kappa shape index (κ1) is 75.2. The highest BCUT2D eigenvalue weighted by atomic mass is 19.1. The summed E-state index contributed by atoms with van der Waals surface area (Å²) in [4.78, 5) is 186. The number of phenolic OH excluding ortho intramolecular Hbond substituents is 1. The van der Waals surface area contributed by atoms with Crippen molar-refractivity contribution >= 4 is 92.8 Å². The number of carbonyl (C=O) groups is 12. The number of esters is 1. The first-order valence-corrected chi connectivity index (χ1v) is 33.8. The molecule has 0 aliphatic carbocycles. The number of aromatic amines is 3. The van der Waals surface area contributed by atoms with Gasteiger partial charge in [-0.15, -0.1) is 0 Å². The molecule has 32 heteroatoms.